The fraction of sp³-hybridized carbons (Fsp3) is 0.450. The van der Waals surface area contributed by atoms with Crippen molar-refractivity contribution >= 4 is 30.1 Å². The molecule has 2 aromatic rings. The van der Waals surface area contributed by atoms with Crippen LogP contribution in [0.5, 0.6) is 0 Å². The first kappa shape index (κ1) is 19.7. The number of hydrogen-bond acceptors (Lipinski definition) is 5. The second-order valence-electron chi connectivity index (χ2n) is 7.84. The largest absolute Gasteiger partial charge is 0.491 e. The Morgan fingerprint density at radius 2 is 1.93 bits per heavy atom. The minimum Gasteiger partial charge on any atom is -0.465 e. The van der Waals surface area contributed by atoms with Crippen LogP contribution < -0.4 is 5.32 Å². The summed E-state index contributed by atoms with van der Waals surface area (Å²) in [6.45, 7) is 8.73. The monoisotopic (exact) mass is 370 g/mol. The summed E-state index contributed by atoms with van der Waals surface area (Å²) in [5, 5.41) is 4.01. The average molecular weight is 370 g/mol. The lowest BCUT2D eigenvalue weighted by Gasteiger charge is -2.32. The van der Waals surface area contributed by atoms with Crippen molar-refractivity contribution in [2.75, 3.05) is 20.7 Å². The Morgan fingerprint density at radius 3 is 2.52 bits per heavy atom. The van der Waals surface area contributed by atoms with E-state index in [1.54, 1.807) is 0 Å². The van der Waals surface area contributed by atoms with E-state index in [-0.39, 0.29) is 5.97 Å². The summed E-state index contributed by atoms with van der Waals surface area (Å²) in [5.41, 5.74) is 2.42. The summed E-state index contributed by atoms with van der Waals surface area (Å²) < 4.78 is 17.3. The van der Waals surface area contributed by atoms with Gasteiger partial charge in [-0.15, -0.1) is 0 Å². The second kappa shape index (κ2) is 7.15. The van der Waals surface area contributed by atoms with E-state index in [2.05, 4.69) is 10.3 Å². The van der Waals surface area contributed by atoms with Crippen molar-refractivity contribution in [3.8, 4) is 0 Å². The third kappa shape index (κ3) is 3.67. The third-order valence-electron chi connectivity index (χ3n) is 5.39. The Hall–Kier alpha value is -2.09. The van der Waals surface area contributed by atoms with Gasteiger partial charge in [-0.05, 0) is 64.0 Å². The molecule has 1 aromatic carbocycles. The maximum absolute atomic E-state index is 12.2. The highest BCUT2D eigenvalue weighted by atomic mass is 16.7. The molecule has 6 nitrogen and oxygen atoms in total. The number of H-pyrrole nitrogens is 1. The van der Waals surface area contributed by atoms with Gasteiger partial charge in [0.25, 0.3) is 0 Å². The molecule has 1 aliphatic rings. The number of ether oxygens (including phenoxy) is 1. The van der Waals surface area contributed by atoms with E-state index in [1.165, 1.54) is 7.11 Å². The minimum atomic E-state index is -0.455. The van der Waals surface area contributed by atoms with Gasteiger partial charge in [0.15, 0.2) is 0 Å². The minimum absolute atomic E-state index is 0.361. The molecule has 1 aromatic heterocycles. The van der Waals surface area contributed by atoms with E-state index in [9.17, 15) is 4.79 Å². The molecule has 2 N–H and O–H groups in total. The molecule has 0 atom stereocenters. The van der Waals surface area contributed by atoms with Gasteiger partial charge in [-0.3, -0.25) is 0 Å². The Kier molecular flexibility index (Phi) is 5.21. The van der Waals surface area contributed by atoms with Gasteiger partial charge in [0.2, 0.25) is 0 Å². The number of carbonyl (C=O) groups excluding carboxylic acids is 1. The molecule has 0 amide bonds. The molecule has 2 heterocycles. The van der Waals surface area contributed by atoms with Crippen LogP contribution in [0.3, 0.4) is 0 Å². The van der Waals surface area contributed by atoms with E-state index >= 15 is 0 Å². The number of fused-ring (bicyclic) bond motifs is 1. The van der Waals surface area contributed by atoms with Crippen molar-refractivity contribution < 1.29 is 18.8 Å². The van der Waals surface area contributed by atoms with Crippen LogP contribution in [0.4, 0.5) is 0 Å². The van der Waals surface area contributed by atoms with Gasteiger partial charge in [0.1, 0.15) is 0 Å². The molecular weight excluding hydrogens is 343 g/mol. The van der Waals surface area contributed by atoms with Gasteiger partial charge in [0, 0.05) is 23.6 Å². The van der Waals surface area contributed by atoms with Crippen LogP contribution >= 0.6 is 0 Å². The molecule has 27 heavy (non-hydrogen) atoms. The van der Waals surface area contributed by atoms with E-state index in [0.717, 1.165) is 21.9 Å². The van der Waals surface area contributed by atoms with Crippen molar-refractivity contribution in [2.24, 2.45) is 0 Å². The van der Waals surface area contributed by atoms with Crippen LogP contribution in [-0.2, 0) is 14.0 Å². The molecule has 0 aliphatic carbocycles. The number of carbonyl (C=O) groups is 1. The van der Waals surface area contributed by atoms with Gasteiger partial charge >= 0.3 is 13.1 Å². The van der Waals surface area contributed by atoms with Gasteiger partial charge in [-0.1, -0.05) is 6.08 Å². The normalized spacial score (nSPS) is 18.9. The topological polar surface area (TPSA) is 72.6 Å². The summed E-state index contributed by atoms with van der Waals surface area (Å²) in [7, 11) is 2.82. The summed E-state index contributed by atoms with van der Waals surface area (Å²) in [6.07, 6.45) is 3.82. The van der Waals surface area contributed by atoms with E-state index in [4.69, 9.17) is 14.0 Å². The fourth-order valence-electron chi connectivity index (χ4n) is 3.17. The number of benzene rings is 1. The standard InChI is InChI=1S/C20H27BN2O4/c1-19(2)20(3,4)27-21(26-19)14(12-22-5)9-13-10-16(18(24)25-6)15-7-8-23-17(15)11-13/h7-11,22-23H,12H2,1-6H3. The lowest BCUT2D eigenvalue weighted by molar-refractivity contribution is 0.00578. The molecule has 1 fully saturated rings. The van der Waals surface area contributed by atoms with E-state index < -0.39 is 18.3 Å². The smallest absolute Gasteiger partial charge is 0.465 e. The molecule has 144 valence electrons. The SMILES string of the molecule is CNCC(=Cc1cc(C(=O)OC)c2cc[nH]c2c1)B1OC(C)(C)C(C)(C)O1. The van der Waals surface area contributed by atoms with Crippen molar-refractivity contribution in [2.45, 2.75) is 38.9 Å². The van der Waals surface area contributed by atoms with Gasteiger partial charge in [0.05, 0.1) is 23.9 Å². The van der Waals surface area contributed by atoms with Crippen LogP contribution in [0.2, 0.25) is 0 Å². The molecule has 0 radical (unpaired) electrons. The number of hydrogen-bond donors (Lipinski definition) is 2. The van der Waals surface area contributed by atoms with Crippen LogP contribution in [-0.4, -0.2) is 50.0 Å². The zero-order chi connectivity index (χ0) is 19.8. The number of aromatic nitrogens is 1. The fourth-order valence-corrected chi connectivity index (χ4v) is 3.17. The molecule has 3 rings (SSSR count). The van der Waals surface area contributed by atoms with E-state index in [1.807, 2.05) is 65.2 Å². The highest BCUT2D eigenvalue weighted by Gasteiger charge is 2.52. The molecule has 0 unspecified atom stereocenters. The molecule has 1 aliphatic heterocycles. The highest BCUT2D eigenvalue weighted by Crippen LogP contribution is 2.38. The zero-order valence-electron chi connectivity index (χ0n) is 16.8. The Balaban J connectivity index is 2.03. The summed E-state index contributed by atoms with van der Waals surface area (Å²) in [5.74, 6) is -0.361. The van der Waals surface area contributed by atoms with Gasteiger partial charge < -0.3 is 24.3 Å². The maximum Gasteiger partial charge on any atom is 0.491 e. The van der Waals surface area contributed by atoms with Crippen molar-refractivity contribution in [3.05, 3.63) is 41.0 Å². The Morgan fingerprint density at radius 1 is 1.26 bits per heavy atom. The first-order valence-electron chi connectivity index (χ1n) is 9.08. The number of methoxy groups -OCH3 is 1. The summed E-state index contributed by atoms with van der Waals surface area (Å²) in [4.78, 5) is 15.4. The third-order valence-corrected chi connectivity index (χ3v) is 5.39. The first-order valence-corrected chi connectivity index (χ1v) is 9.08. The summed E-state index contributed by atoms with van der Waals surface area (Å²) in [6, 6.07) is 5.71. The molecule has 7 heteroatoms. The van der Waals surface area contributed by atoms with Crippen LogP contribution in [0.25, 0.3) is 17.0 Å². The number of esters is 1. The first-order chi connectivity index (χ1) is 12.7. The van der Waals surface area contributed by atoms with Gasteiger partial charge in [-0.2, -0.15) is 0 Å². The molecule has 0 bridgehead atoms. The highest BCUT2D eigenvalue weighted by molar-refractivity contribution is 6.56. The Bertz CT molecular complexity index is 869. The van der Waals surface area contributed by atoms with Gasteiger partial charge in [-0.25, -0.2) is 4.79 Å². The number of nitrogens with one attached hydrogen (secondary N) is 2. The summed E-state index contributed by atoms with van der Waals surface area (Å²) >= 11 is 0. The van der Waals surface area contributed by atoms with Crippen molar-refractivity contribution in [3.63, 3.8) is 0 Å². The molecule has 0 saturated carbocycles. The van der Waals surface area contributed by atoms with Crippen LogP contribution in [0.1, 0.15) is 43.6 Å². The lowest BCUT2D eigenvalue weighted by Crippen LogP contribution is -2.41. The molecule has 1 saturated heterocycles. The lowest BCUT2D eigenvalue weighted by atomic mass is 9.77. The van der Waals surface area contributed by atoms with Crippen molar-refractivity contribution in [1.82, 2.24) is 10.3 Å². The molecule has 0 spiro atoms. The average Bonchev–Trinajstić information content (AvgIpc) is 3.15. The second-order valence-corrected chi connectivity index (χ2v) is 7.84. The number of likely N-dealkylation sites (N-methyl/N-ethyl adjacent to an activating group) is 1. The maximum atomic E-state index is 12.2. The zero-order valence-corrected chi connectivity index (χ0v) is 16.8. The Labute approximate surface area is 160 Å². The van der Waals surface area contributed by atoms with E-state index in [0.29, 0.717) is 12.1 Å². The molecular formula is C20H27BN2O4. The van der Waals surface area contributed by atoms with Crippen LogP contribution in [0, 0.1) is 0 Å². The predicted octanol–water partition coefficient (Wildman–Crippen LogP) is 3.19. The number of rotatable bonds is 5. The van der Waals surface area contributed by atoms with Crippen molar-refractivity contribution in [1.29, 1.82) is 0 Å². The van der Waals surface area contributed by atoms with Crippen LogP contribution in [0.15, 0.2) is 29.9 Å². The predicted molar refractivity (Wildman–Crippen MR) is 108 cm³/mol. The quantitative estimate of drug-likeness (QED) is 0.625. The number of aromatic amines is 1.